The predicted molar refractivity (Wildman–Crippen MR) is 130 cm³/mol. The summed E-state index contributed by atoms with van der Waals surface area (Å²) in [6.45, 7) is 6.01. The fourth-order valence-electron chi connectivity index (χ4n) is 3.68. The minimum atomic E-state index is -0.501. The Morgan fingerprint density at radius 2 is 1.69 bits per heavy atom. The molecule has 0 fully saturated rings. The summed E-state index contributed by atoms with van der Waals surface area (Å²) < 4.78 is 7.29. The molecule has 32 heavy (non-hydrogen) atoms. The second-order valence-corrected chi connectivity index (χ2v) is 8.31. The first-order valence-corrected chi connectivity index (χ1v) is 11.0. The van der Waals surface area contributed by atoms with Gasteiger partial charge in [-0.25, -0.2) is 9.78 Å². The number of hydrogen-bond acceptors (Lipinski definition) is 3. The van der Waals surface area contributed by atoms with E-state index in [-0.39, 0.29) is 12.3 Å². The van der Waals surface area contributed by atoms with Crippen LogP contribution in [0.15, 0.2) is 66.7 Å². The number of aromatic nitrogens is 2. The van der Waals surface area contributed by atoms with Gasteiger partial charge in [-0.05, 0) is 44.5 Å². The predicted octanol–water partition coefficient (Wildman–Crippen LogP) is 7.31. The smallest absolute Gasteiger partial charge is 0.359 e. The van der Waals surface area contributed by atoms with Crippen molar-refractivity contribution in [3.05, 3.63) is 93.6 Å². The molecule has 1 heterocycles. The van der Waals surface area contributed by atoms with Gasteiger partial charge in [0, 0.05) is 16.1 Å². The standard InChI is InChI=1S/C26H22Cl2N2O2/c1-4-32-26(31)22-24(19-8-6-9-20(27)15-19)30(23-17(3)7-5-10-21(23)28)25(29-22)18-13-11-16(2)12-14-18/h5-15H,4H2,1-3H3. The van der Waals surface area contributed by atoms with E-state index in [9.17, 15) is 4.79 Å². The summed E-state index contributed by atoms with van der Waals surface area (Å²) in [6.07, 6.45) is 0. The van der Waals surface area contributed by atoms with Gasteiger partial charge in [0.15, 0.2) is 5.69 Å². The number of nitrogens with zero attached hydrogens (tertiary/aromatic N) is 2. The van der Waals surface area contributed by atoms with Crippen molar-refractivity contribution in [1.82, 2.24) is 9.55 Å². The van der Waals surface area contributed by atoms with Gasteiger partial charge in [-0.3, -0.25) is 4.57 Å². The van der Waals surface area contributed by atoms with Gasteiger partial charge in [0.25, 0.3) is 0 Å². The summed E-state index contributed by atoms with van der Waals surface area (Å²) in [5.41, 5.74) is 5.22. The lowest BCUT2D eigenvalue weighted by Crippen LogP contribution is -2.08. The Morgan fingerprint density at radius 1 is 0.969 bits per heavy atom. The number of aryl methyl sites for hydroxylation is 2. The van der Waals surface area contributed by atoms with Crippen molar-refractivity contribution in [3.8, 4) is 28.3 Å². The third-order valence-corrected chi connectivity index (χ3v) is 5.71. The van der Waals surface area contributed by atoms with Crippen LogP contribution >= 0.6 is 23.2 Å². The fraction of sp³-hybridized carbons (Fsp3) is 0.154. The van der Waals surface area contributed by atoms with Crippen molar-refractivity contribution in [2.45, 2.75) is 20.8 Å². The molecule has 0 amide bonds. The molecular formula is C26H22Cl2N2O2. The molecule has 0 N–H and O–H groups in total. The maximum absolute atomic E-state index is 13.0. The van der Waals surface area contributed by atoms with Crippen LogP contribution in [0.1, 0.15) is 28.5 Å². The van der Waals surface area contributed by atoms with Gasteiger partial charge in [0.2, 0.25) is 0 Å². The number of carbonyl (C=O) groups excluding carboxylic acids is 1. The van der Waals surface area contributed by atoms with Crippen LogP contribution in [0.4, 0.5) is 0 Å². The van der Waals surface area contributed by atoms with Gasteiger partial charge in [0.1, 0.15) is 5.82 Å². The molecule has 4 aromatic rings. The van der Waals surface area contributed by atoms with Gasteiger partial charge in [0.05, 0.1) is 23.0 Å². The summed E-state index contributed by atoms with van der Waals surface area (Å²) in [6, 6.07) is 21.0. The lowest BCUT2D eigenvalue weighted by Gasteiger charge is -2.17. The van der Waals surface area contributed by atoms with Crippen molar-refractivity contribution in [3.63, 3.8) is 0 Å². The van der Waals surface area contributed by atoms with E-state index in [2.05, 4.69) is 0 Å². The third kappa shape index (κ3) is 4.16. The molecular weight excluding hydrogens is 443 g/mol. The van der Waals surface area contributed by atoms with E-state index in [1.807, 2.05) is 79.1 Å². The normalized spacial score (nSPS) is 10.9. The third-order valence-electron chi connectivity index (χ3n) is 5.17. The highest BCUT2D eigenvalue weighted by Crippen LogP contribution is 2.38. The molecule has 6 heteroatoms. The molecule has 0 saturated heterocycles. The molecule has 0 bridgehead atoms. The van der Waals surface area contributed by atoms with Crippen LogP contribution in [-0.2, 0) is 4.74 Å². The summed E-state index contributed by atoms with van der Waals surface area (Å²) in [4.78, 5) is 17.8. The Hall–Kier alpha value is -3.08. The zero-order valence-electron chi connectivity index (χ0n) is 18.0. The lowest BCUT2D eigenvalue weighted by atomic mass is 10.1. The van der Waals surface area contributed by atoms with E-state index in [1.165, 1.54) is 0 Å². The van der Waals surface area contributed by atoms with Crippen molar-refractivity contribution < 1.29 is 9.53 Å². The van der Waals surface area contributed by atoms with Crippen LogP contribution in [0.25, 0.3) is 28.3 Å². The van der Waals surface area contributed by atoms with E-state index in [1.54, 1.807) is 13.0 Å². The lowest BCUT2D eigenvalue weighted by molar-refractivity contribution is 0.0521. The molecule has 0 spiro atoms. The molecule has 4 nitrogen and oxygen atoms in total. The van der Waals surface area contributed by atoms with Gasteiger partial charge < -0.3 is 4.74 Å². The highest BCUT2D eigenvalue weighted by Gasteiger charge is 2.28. The second-order valence-electron chi connectivity index (χ2n) is 7.47. The van der Waals surface area contributed by atoms with Gasteiger partial charge >= 0.3 is 5.97 Å². The van der Waals surface area contributed by atoms with Crippen molar-refractivity contribution in [2.75, 3.05) is 6.61 Å². The SMILES string of the molecule is CCOC(=O)c1nc(-c2ccc(C)cc2)n(-c2c(C)cccc2Cl)c1-c1cccc(Cl)c1. The molecule has 4 rings (SSSR count). The maximum atomic E-state index is 13.0. The summed E-state index contributed by atoms with van der Waals surface area (Å²) in [7, 11) is 0. The highest BCUT2D eigenvalue weighted by molar-refractivity contribution is 6.32. The summed E-state index contributed by atoms with van der Waals surface area (Å²) >= 11 is 13.0. The van der Waals surface area contributed by atoms with Crippen LogP contribution in [-0.4, -0.2) is 22.1 Å². The zero-order chi connectivity index (χ0) is 22.8. The van der Waals surface area contributed by atoms with E-state index in [0.717, 1.165) is 27.9 Å². The fourth-order valence-corrected chi connectivity index (χ4v) is 4.18. The molecule has 0 aliphatic rings. The number of rotatable bonds is 5. The number of imidazole rings is 1. The van der Waals surface area contributed by atoms with Gasteiger partial charge in [-0.2, -0.15) is 0 Å². The number of esters is 1. The Bertz CT molecular complexity index is 1270. The number of carbonyl (C=O) groups is 1. The van der Waals surface area contributed by atoms with Gasteiger partial charge in [-0.1, -0.05) is 77.3 Å². The number of benzene rings is 3. The van der Waals surface area contributed by atoms with Crippen molar-refractivity contribution in [1.29, 1.82) is 0 Å². The van der Waals surface area contributed by atoms with E-state index >= 15 is 0 Å². The average molecular weight is 465 g/mol. The minimum Gasteiger partial charge on any atom is -0.461 e. The maximum Gasteiger partial charge on any atom is 0.359 e. The molecule has 162 valence electrons. The number of ether oxygens (including phenoxy) is 1. The molecule has 3 aromatic carbocycles. The first kappa shape index (κ1) is 22.1. The van der Waals surface area contributed by atoms with E-state index in [0.29, 0.717) is 21.6 Å². The first-order chi connectivity index (χ1) is 15.4. The van der Waals surface area contributed by atoms with Crippen LogP contribution in [0, 0.1) is 13.8 Å². The number of hydrogen-bond donors (Lipinski definition) is 0. The molecule has 0 radical (unpaired) electrons. The zero-order valence-corrected chi connectivity index (χ0v) is 19.5. The minimum absolute atomic E-state index is 0.212. The van der Waals surface area contributed by atoms with Crippen LogP contribution in [0.2, 0.25) is 10.0 Å². The first-order valence-electron chi connectivity index (χ1n) is 10.3. The largest absolute Gasteiger partial charge is 0.461 e. The summed E-state index contributed by atoms with van der Waals surface area (Å²) in [5, 5.41) is 1.10. The molecule has 0 aliphatic carbocycles. The quantitative estimate of drug-likeness (QED) is 0.290. The second kappa shape index (κ2) is 9.19. The van der Waals surface area contributed by atoms with Crippen LogP contribution in [0.3, 0.4) is 0 Å². The number of halogens is 2. The average Bonchev–Trinajstić information content (AvgIpc) is 3.15. The van der Waals surface area contributed by atoms with Gasteiger partial charge in [-0.15, -0.1) is 0 Å². The van der Waals surface area contributed by atoms with Crippen LogP contribution < -0.4 is 0 Å². The molecule has 0 saturated carbocycles. The van der Waals surface area contributed by atoms with Crippen molar-refractivity contribution in [2.24, 2.45) is 0 Å². The topological polar surface area (TPSA) is 44.1 Å². The molecule has 0 atom stereocenters. The molecule has 0 aliphatic heterocycles. The number of para-hydroxylation sites is 1. The van der Waals surface area contributed by atoms with E-state index < -0.39 is 5.97 Å². The Balaban J connectivity index is 2.14. The van der Waals surface area contributed by atoms with Crippen molar-refractivity contribution >= 4 is 29.2 Å². The molecule has 1 aromatic heterocycles. The monoisotopic (exact) mass is 464 g/mol. The molecule has 0 unspecified atom stereocenters. The Kier molecular flexibility index (Phi) is 6.35. The van der Waals surface area contributed by atoms with E-state index in [4.69, 9.17) is 32.9 Å². The Labute approximate surface area is 197 Å². The Morgan fingerprint density at radius 3 is 2.34 bits per heavy atom. The summed E-state index contributed by atoms with van der Waals surface area (Å²) in [5.74, 6) is 0.0959. The highest BCUT2D eigenvalue weighted by atomic mass is 35.5. The van der Waals surface area contributed by atoms with Crippen LogP contribution in [0.5, 0.6) is 0 Å².